The number of hydrogen-bond acceptors (Lipinski definition) is 3. The molecule has 28 heavy (non-hydrogen) atoms. The lowest BCUT2D eigenvalue weighted by molar-refractivity contribution is -0.191. The number of rotatable bonds is 6. The van der Waals surface area contributed by atoms with Gasteiger partial charge in [0.15, 0.2) is 0 Å². The van der Waals surface area contributed by atoms with Crippen LogP contribution in [-0.2, 0) is 4.79 Å². The fourth-order valence-corrected chi connectivity index (χ4v) is 3.42. The molecular formula is C21H25F3N2O2. The average molecular weight is 394 g/mol. The van der Waals surface area contributed by atoms with Gasteiger partial charge >= 0.3 is 6.18 Å². The van der Waals surface area contributed by atoms with Crippen molar-refractivity contribution in [1.82, 2.24) is 10.4 Å². The van der Waals surface area contributed by atoms with Crippen molar-refractivity contribution in [2.24, 2.45) is 5.41 Å². The van der Waals surface area contributed by atoms with Crippen LogP contribution in [0.4, 0.5) is 13.2 Å². The third-order valence-corrected chi connectivity index (χ3v) is 4.98. The van der Waals surface area contributed by atoms with E-state index in [2.05, 4.69) is 12.3 Å². The Labute approximate surface area is 162 Å². The number of ether oxygens (including phenoxy) is 1. The van der Waals surface area contributed by atoms with Gasteiger partial charge in [-0.3, -0.25) is 10.2 Å². The number of benzene rings is 2. The number of hydrazine groups is 1. The van der Waals surface area contributed by atoms with Crippen LogP contribution in [0.1, 0.15) is 45.2 Å². The summed E-state index contributed by atoms with van der Waals surface area (Å²) >= 11 is 0. The summed E-state index contributed by atoms with van der Waals surface area (Å²) in [6, 6.07) is 8.10. The van der Waals surface area contributed by atoms with E-state index in [-0.39, 0.29) is 12.1 Å². The molecule has 0 radical (unpaired) electrons. The first kappa shape index (κ1) is 20.5. The van der Waals surface area contributed by atoms with Crippen LogP contribution in [0.15, 0.2) is 36.4 Å². The number of nitrogens with zero attached hydrogens (tertiary/aromatic N) is 1. The normalized spacial score (nSPS) is 18.3. The van der Waals surface area contributed by atoms with E-state index in [0.717, 1.165) is 23.2 Å². The van der Waals surface area contributed by atoms with Gasteiger partial charge in [0.05, 0.1) is 12.0 Å². The second-order valence-electron chi connectivity index (χ2n) is 7.84. The Morgan fingerprint density at radius 1 is 1.25 bits per heavy atom. The Balaban J connectivity index is 1.96. The quantitative estimate of drug-likeness (QED) is 0.702. The first-order chi connectivity index (χ1) is 13.1. The van der Waals surface area contributed by atoms with Gasteiger partial charge < -0.3 is 4.74 Å². The molecule has 1 N–H and O–H groups in total. The summed E-state index contributed by atoms with van der Waals surface area (Å²) in [5.74, 6) is 0.255. The van der Waals surface area contributed by atoms with Gasteiger partial charge in [-0.2, -0.15) is 13.2 Å². The fourth-order valence-electron chi connectivity index (χ4n) is 3.42. The molecule has 0 bridgehead atoms. The highest BCUT2D eigenvalue weighted by Gasteiger charge is 2.51. The summed E-state index contributed by atoms with van der Waals surface area (Å²) < 4.78 is 47.5. The molecule has 2 aromatic rings. The van der Waals surface area contributed by atoms with E-state index in [9.17, 15) is 18.0 Å². The molecular weight excluding hydrogens is 369 g/mol. The molecule has 0 saturated carbocycles. The summed E-state index contributed by atoms with van der Waals surface area (Å²) in [6.07, 6.45) is -2.62. The van der Waals surface area contributed by atoms with Crippen LogP contribution < -0.4 is 10.2 Å². The monoisotopic (exact) mass is 394 g/mol. The maximum Gasteiger partial charge on any atom is 0.409 e. The van der Waals surface area contributed by atoms with E-state index in [1.165, 1.54) is 12.1 Å². The Kier molecular flexibility index (Phi) is 5.57. The average Bonchev–Trinajstić information content (AvgIpc) is 2.86. The standard InChI is InChI=1S/C21H25F3N2O2/c1-4-5-11-28-17-8-6-7-14-12-15(9-10-16(14)17)18(21(22,23)24)26-13-20(2,3)19(27)25-26/h6-10,12,18H,4-5,11,13H2,1-3H3,(H,25,27). The molecule has 152 valence electrons. The molecule has 1 amide bonds. The van der Waals surface area contributed by atoms with Crippen molar-refractivity contribution in [2.45, 2.75) is 45.8 Å². The van der Waals surface area contributed by atoms with Crippen LogP contribution in [0.25, 0.3) is 10.8 Å². The molecule has 1 unspecified atom stereocenters. The van der Waals surface area contributed by atoms with Crippen LogP contribution in [0, 0.1) is 5.41 Å². The van der Waals surface area contributed by atoms with Gasteiger partial charge in [0, 0.05) is 11.9 Å². The molecule has 0 aromatic heterocycles. The number of fused-ring (bicyclic) bond motifs is 1. The van der Waals surface area contributed by atoms with E-state index in [1.54, 1.807) is 32.0 Å². The molecule has 1 aliphatic rings. The van der Waals surface area contributed by atoms with E-state index < -0.39 is 23.5 Å². The van der Waals surface area contributed by atoms with Gasteiger partial charge in [-0.25, -0.2) is 5.01 Å². The molecule has 1 fully saturated rings. The minimum Gasteiger partial charge on any atom is -0.493 e. The van der Waals surface area contributed by atoms with Crippen LogP contribution in [-0.4, -0.2) is 30.2 Å². The zero-order valence-corrected chi connectivity index (χ0v) is 16.3. The second kappa shape index (κ2) is 7.62. The minimum absolute atomic E-state index is 0.0196. The largest absolute Gasteiger partial charge is 0.493 e. The van der Waals surface area contributed by atoms with Crippen molar-refractivity contribution in [3.8, 4) is 5.75 Å². The number of hydrogen-bond donors (Lipinski definition) is 1. The zero-order chi connectivity index (χ0) is 20.5. The van der Waals surface area contributed by atoms with Gasteiger partial charge in [-0.15, -0.1) is 0 Å². The number of halogens is 3. The van der Waals surface area contributed by atoms with Gasteiger partial charge in [0.25, 0.3) is 0 Å². The van der Waals surface area contributed by atoms with E-state index >= 15 is 0 Å². The van der Waals surface area contributed by atoms with Crippen molar-refractivity contribution in [1.29, 1.82) is 0 Å². The number of amides is 1. The van der Waals surface area contributed by atoms with Crippen molar-refractivity contribution in [2.75, 3.05) is 13.2 Å². The predicted molar refractivity (Wildman–Crippen MR) is 102 cm³/mol. The Morgan fingerprint density at radius 2 is 2.00 bits per heavy atom. The fraction of sp³-hybridized carbons (Fsp3) is 0.476. The van der Waals surface area contributed by atoms with Crippen molar-refractivity contribution in [3.63, 3.8) is 0 Å². The lowest BCUT2D eigenvalue weighted by Gasteiger charge is -2.30. The van der Waals surface area contributed by atoms with Gasteiger partial charge in [0.1, 0.15) is 11.8 Å². The van der Waals surface area contributed by atoms with Crippen LogP contribution >= 0.6 is 0 Å². The molecule has 0 spiro atoms. The summed E-state index contributed by atoms with van der Waals surface area (Å²) in [6.45, 7) is 5.88. The lowest BCUT2D eigenvalue weighted by Crippen LogP contribution is -2.43. The third kappa shape index (κ3) is 4.09. The van der Waals surface area contributed by atoms with E-state index in [1.807, 2.05) is 6.07 Å². The molecule has 0 aliphatic carbocycles. The highest BCUT2D eigenvalue weighted by atomic mass is 19.4. The topological polar surface area (TPSA) is 41.6 Å². The summed E-state index contributed by atoms with van der Waals surface area (Å²) in [5, 5.41) is 2.44. The smallest absolute Gasteiger partial charge is 0.409 e. The summed E-state index contributed by atoms with van der Waals surface area (Å²) in [7, 11) is 0. The first-order valence-electron chi connectivity index (χ1n) is 9.43. The number of carbonyl (C=O) groups excluding carboxylic acids is 1. The number of unbranched alkanes of at least 4 members (excludes halogenated alkanes) is 1. The molecule has 1 heterocycles. The summed E-state index contributed by atoms with van der Waals surface area (Å²) in [4.78, 5) is 12.0. The minimum atomic E-state index is -4.53. The maximum absolute atomic E-state index is 13.9. The Morgan fingerprint density at radius 3 is 2.61 bits per heavy atom. The molecule has 1 saturated heterocycles. The van der Waals surface area contributed by atoms with E-state index in [0.29, 0.717) is 17.7 Å². The molecule has 1 atom stereocenters. The van der Waals surface area contributed by atoms with Gasteiger partial charge in [-0.05, 0) is 43.4 Å². The maximum atomic E-state index is 13.9. The number of alkyl halides is 3. The Hall–Kier alpha value is -2.28. The SMILES string of the molecule is CCCCOc1cccc2cc(C(N3CC(C)(C)C(=O)N3)C(F)(F)F)ccc12. The lowest BCUT2D eigenvalue weighted by atomic mass is 9.93. The highest BCUT2D eigenvalue weighted by molar-refractivity contribution is 5.89. The van der Waals surface area contributed by atoms with Crippen LogP contribution in [0.3, 0.4) is 0 Å². The summed E-state index contributed by atoms with van der Waals surface area (Å²) in [5.41, 5.74) is 1.61. The van der Waals surface area contributed by atoms with Crippen LogP contribution in [0.5, 0.6) is 5.75 Å². The zero-order valence-electron chi connectivity index (χ0n) is 16.3. The second-order valence-corrected chi connectivity index (χ2v) is 7.84. The van der Waals surface area contributed by atoms with E-state index in [4.69, 9.17) is 4.74 Å². The molecule has 3 rings (SSSR count). The van der Waals surface area contributed by atoms with Crippen molar-refractivity contribution < 1.29 is 22.7 Å². The molecule has 1 aliphatic heterocycles. The molecule has 2 aromatic carbocycles. The number of carbonyl (C=O) groups is 1. The molecule has 7 heteroatoms. The van der Waals surface area contributed by atoms with Crippen LogP contribution in [0.2, 0.25) is 0 Å². The highest BCUT2D eigenvalue weighted by Crippen LogP contribution is 2.41. The molecule has 4 nitrogen and oxygen atoms in total. The van der Waals surface area contributed by atoms with Gasteiger partial charge in [0.2, 0.25) is 5.91 Å². The first-order valence-corrected chi connectivity index (χ1v) is 9.43. The predicted octanol–water partition coefficient (Wildman–Crippen LogP) is 5.00. The van der Waals surface area contributed by atoms with Gasteiger partial charge in [-0.1, -0.05) is 37.6 Å². The van der Waals surface area contributed by atoms with Crippen molar-refractivity contribution >= 4 is 16.7 Å². The van der Waals surface area contributed by atoms with Crippen molar-refractivity contribution in [3.05, 3.63) is 42.0 Å². The number of nitrogens with one attached hydrogen (secondary N) is 1. The third-order valence-electron chi connectivity index (χ3n) is 4.98. The Bertz CT molecular complexity index is 864.